The maximum Gasteiger partial charge on any atom is 0.340 e. The summed E-state index contributed by atoms with van der Waals surface area (Å²) in [5, 5.41) is 0. The molecule has 5 rings (SSSR count). The second-order valence-corrected chi connectivity index (χ2v) is 8.19. The number of ether oxygens (including phenoxy) is 2. The van der Waals surface area contributed by atoms with Gasteiger partial charge < -0.3 is 9.47 Å². The Hall–Kier alpha value is 0.390. The summed E-state index contributed by atoms with van der Waals surface area (Å²) in [5.41, 5.74) is 2.28. The molecule has 0 aliphatic carbocycles. The molecule has 3 aromatic rings. The average Bonchev–Trinajstić information content (AvgIpc) is 2.92. The van der Waals surface area contributed by atoms with E-state index in [1.165, 1.54) is 0 Å². The molecule has 0 N–H and O–H groups in total. The first-order valence-electron chi connectivity index (χ1n) is 7.71. The number of esters is 1. The standard InChI is InChI=1S/C20H10I2O3.2Na/c21-14-9-10-16-17(18(14)22)20(13-7-3-4-8-15(13)24-16)12-6-2-1-5-11(12)19(23)25-20;;/h1-10H;;. The van der Waals surface area contributed by atoms with E-state index in [0.29, 0.717) is 5.56 Å². The Morgan fingerprint density at radius 2 is 1.44 bits per heavy atom. The molecule has 2 radical (unpaired) electrons. The number of hydrogen-bond acceptors (Lipinski definition) is 3. The van der Waals surface area contributed by atoms with Gasteiger partial charge in [0.2, 0.25) is 0 Å². The first-order valence-corrected chi connectivity index (χ1v) is 9.87. The second kappa shape index (κ2) is 8.26. The van der Waals surface area contributed by atoms with Crippen molar-refractivity contribution in [3.05, 3.63) is 90.1 Å². The van der Waals surface area contributed by atoms with Gasteiger partial charge in [0.25, 0.3) is 0 Å². The van der Waals surface area contributed by atoms with Gasteiger partial charge in [0, 0.05) is 77.4 Å². The normalized spacial score (nSPS) is 18.2. The monoisotopic (exact) mass is 598 g/mol. The molecular formula is C20H10I2Na2O3. The number of para-hydroxylation sites is 1. The van der Waals surface area contributed by atoms with E-state index in [1.54, 1.807) is 0 Å². The van der Waals surface area contributed by atoms with E-state index in [0.717, 1.165) is 35.3 Å². The van der Waals surface area contributed by atoms with Crippen LogP contribution < -0.4 is 4.74 Å². The van der Waals surface area contributed by atoms with Crippen LogP contribution in [0, 0.1) is 7.14 Å². The van der Waals surface area contributed by atoms with Gasteiger partial charge in [0.15, 0.2) is 5.60 Å². The van der Waals surface area contributed by atoms with E-state index in [9.17, 15) is 4.79 Å². The van der Waals surface area contributed by atoms with Crippen LogP contribution in [0.1, 0.15) is 27.0 Å². The summed E-state index contributed by atoms with van der Waals surface area (Å²) in [5.74, 6) is 1.15. The molecule has 2 aliphatic heterocycles. The van der Waals surface area contributed by atoms with Crippen LogP contribution in [0.3, 0.4) is 0 Å². The number of hydrogen-bond donors (Lipinski definition) is 0. The molecule has 0 fully saturated rings. The largest absolute Gasteiger partial charge is 0.456 e. The smallest absolute Gasteiger partial charge is 0.340 e. The quantitative estimate of drug-likeness (QED) is 0.214. The van der Waals surface area contributed by atoms with Gasteiger partial charge in [-0.3, -0.25) is 0 Å². The molecular weight excluding hydrogens is 588 g/mol. The van der Waals surface area contributed by atoms with Crippen LogP contribution in [0.25, 0.3) is 0 Å². The molecule has 124 valence electrons. The minimum atomic E-state index is -0.963. The van der Waals surface area contributed by atoms with Gasteiger partial charge in [-0.2, -0.15) is 0 Å². The Morgan fingerprint density at radius 3 is 2.22 bits per heavy atom. The maximum absolute atomic E-state index is 12.7. The third-order valence-electron chi connectivity index (χ3n) is 4.67. The van der Waals surface area contributed by atoms with Crippen molar-refractivity contribution >= 4 is 110 Å². The van der Waals surface area contributed by atoms with Crippen molar-refractivity contribution in [1.82, 2.24) is 0 Å². The van der Waals surface area contributed by atoms with Gasteiger partial charge in [-0.1, -0.05) is 36.4 Å². The third kappa shape index (κ3) is 3.17. The van der Waals surface area contributed by atoms with Gasteiger partial charge in [0.1, 0.15) is 11.5 Å². The zero-order valence-electron chi connectivity index (χ0n) is 14.8. The van der Waals surface area contributed by atoms with Crippen LogP contribution in [-0.4, -0.2) is 65.1 Å². The van der Waals surface area contributed by atoms with Gasteiger partial charge >= 0.3 is 5.97 Å². The molecule has 0 bridgehead atoms. The number of carbonyl (C=O) groups is 1. The number of rotatable bonds is 0. The molecule has 0 aromatic heterocycles. The molecule has 2 heterocycles. The molecule has 3 aromatic carbocycles. The summed E-state index contributed by atoms with van der Waals surface area (Å²) in [6.45, 7) is 0. The van der Waals surface area contributed by atoms with Gasteiger partial charge in [0.05, 0.1) is 11.1 Å². The molecule has 0 amide bonds. The summed E-state index contributed by atoms with van der Waals surface area (Å²) in [4.78, 5) is 12.7. The average molecular weight is 598 g/mol. The Labute approximate surface area is 228 Å². The van der Waals surface area contributed by atoms with Crippen molar-refractivity contribution in [2.24, 2.45) is 0 Å². The first-order chi connectivity index (χ1) is 12.1. The summed E-state index contributed by atoms with van der Waals surface area (Å²) >= 11 is 4.61. The van der Waals surface area contributed by atoms with Gasteiger partial charge in [-0.15, -0.1) is 0 Å². The van der Waals surface area contributed by atoms with Crippen LogP contribution >= 0.6 is 45.2 Å². The van der Waals surface area contributed by atoms with Crippen molar-refractivity contribution in [1.29, 1.82) is 0 Å². The van der Waals surface area contributed by atoms with Crippen molar-refractivity contribution in [3.8, 4) is 11.5 Å². The topological polar surface area (TPSA) is 35.5 Å². The number of carbonyl (C=O) groups excluding carboxylic acids is 1. The number of fused-ring (bicyclic) bond motifs is 6. The predicted molar refractivity (Wildman–Crippen MR) is 122 cm³/mol. The van der Waals surface area contributed by atoms with Crippen molar-refractivity contribution in [3.63, 3.8) is 0 Å². The van der Waals surface area contributed by atoms with Crippen molar-refractivity contribution < 1.29 is 14.3 Å². The van der Waals surface area contributed by atoms with E-state index in [-0.39, 0.29) is 65.1 Å². The minimum Gasteiger partial charge on any atom is -0.456 e. The fraction of sp³-hybridized carbons (Fsp3) is 0.0500. The summed E-state index contributed by atoms with van der Waals surface area (Å²) in [6, 6.07) is 19.3. The molecule has 0 saturated heterocycles. The number of halogens is 2. The fourth-order valence-corrected chi connectivity index (χ4v) is 4.92. The van der Waals surface area contributed by atoms with Gasteiger partial charge in [-0.25, -0.2) is 4.79 Å². The minimum absolute atomic E-state index is 0. The molecule has 2 aliphatic rings. The Morgan fingerprint density at radius 1 is 0.778 bits per heavy atom. The van der Waals surface area contributed by atoms with Crippen LogP contribution in [0.4, 0.5) is 0 Å². The summed E-state index contributed by atoms with van der Waals surface area (Å²) < 4.78 is 14.4. The summed E-state index contributed by atoms with van der Waals surface area (Å²) in [7, 11) is 0. The number of benzene rings is 3. The SMILES string of the molecule is O=C1OC2(c3ccccc3Oc3ccc(I)c(I)c32)c2ccccc21.[Na].[Na]. The van der Waals surface area contributed by atoms with Crippen LogP contribution in [-0.2, 0) is 10.3 Å². The molecule has 1 atom stereocenters. The Kier molecular flexibility index (Phi) is 6.75. The van der Waals surface area contributed by atoms with Crippen LogP contribution in [0.15, 0.2) is 60.7 Å². The third-order valence-corrected chi connectivity index (χ3v) is 7.72. The van der Waals surface area contributed by atoms with Crippen molar-refractivity contribution in [2.75, 3.05) is 0 Å². The van der Waals surface area contributed by atoms with Gasteiger partial charge in [-0.05, 0) is 69.4 Å². The molecule has 3 nitrogen and oxygen atoms in total. The molecule has 7 heteroatoms. The fourth-order valence-electron chi connectivity index (χ4n) is 3.65. The zero-order chi connectivity index (χ0) is 17.2. The maximum atomic E-state index is 12.7. The van der Waals surface area contributed by atoms with Crippen LogP contribution in [0.2, 0.25) is 0 Å². The molecule has 1 unspecified atom stereocenters. The Balaban J connectivity index is 0.00000105. The second-order valence-electron chi connectivity index (χ2n) is 5.95. The molecule has 1 spiro atoms. The van der Waals surface area contributed by atoms with E-state index < -0.39 is 5.60 Å². The van der Waals surface area contributed by atoms with Crippen molar-refractivity contribution in [2.45, 2.75) is 5.60 Å². The zero-order valence-corrected chi connectivity index (χ0v) is 23.1. The summed E-state index contributed by atoms with van der Waals surface area (Å²) in [6.07, 6.45) is 0. The first kappa shape index (κ1) is 22.1. The predicted octanol–water partition coefficient (Wildman–Crippen LogP) is 4.70. The molecule has 27 heavy (non-hydrogen) atoms. The molecule has 0 saturated carbocycles. The van der Waals surface area contributed by atoms with E-state index in [4.69, 9.17) is 9.47 Å². The van der Waals surface area contributed by atoms with Crippen LogP contribution in [0.5, 0.6) is 11.5 Å². The Bertz CT molecular complexity index is 1070. The van der Waals surface area contributed by atoms with E-state index >= 15 is 0 Å². The van der Waals surface area contributed by atoms with E-state index in [2.05, 4.69) is 45.2 Å². The van der Waals surface area contributed by atoms with E-state index in [1.807, 2.05) is 60.7 Å².